The molecule has 8 heteroatoms. The van der Waals surface area contributed by atoms with Crippen molar-refractivity contribution in [2.45, 2.75) is 49.2 Å². The summed E-state index contributed by atoms with van der Waals surface area (Å²) in [5.74, 6) is 0.947. The maximum Gasteiger partial charge on any atom is 0.147 e. The smallest absolute Gasteiger partial charge is 0.147 e. The van der Waals surface area contributed by atoms with Gasteiger partial charge in [0.15, 0.2) is 0 Å². The summed E-state index contributed by atoms with van der Waals surface area (Å²) < 4.78 is 4.31. The lowest BCUT2D eigenvalue weighted by Crippen LogP contribution is -2.45. The molecule has 7 nitrogen and oxygen atoms in total. The van der Waals surface area contributed by atoms with E-state index in [4.69, 9.17) is 15.7 Å². The van der Waals surface area contributed by atoms with Crippen LogP contribution in [0.2, 0.25) is 0 Å². The highest BCUT2D eigenvalue weighted by molar-refractivity contribution is 7.99. The van der Waals surface area contributed by atoms with Gasteiger partial charge in [0.25, 0.3) is 0 Å². The van der Waals surface area contributed by atoms with Gasteiger partial charge < -0.3 is 15.0 Å². The van der Waals surface area contributed by atoms with Crippen LogP contribution in [-0.2, 0) is 6.54 Å². The number of piperidine rings is 1. The average Bonchev–Trinajstić information content (AvgIpc) is 3.48. The van der Waals surface area contributed by atoms with E-state index in [1.54, 1.807) is 11.8 Å². The number of hydrogen-bond acceptors (Lipinski definition) is 6. The number of nitrogens with two attached hydrogens (primary N) is 1. The summed E-state index contributed by atoms with van der Waals surface area (Å²) in [6, 6.07) is 8.62. The second kappa shape index (κ2) is 7.35. The molecule has 2 aliphatic heterocycles. The number of anilines is 1. The zero-order valence-electron chi connectivity index (χ0n) is 18.4. The van der Waals surface area contributed by atoms with Crippen LogP contribution < -0.4 is 10.6 Å². The molecule has 2 aliphatic rings. The lowest BCUT2D eigenvalue weighted by Gasteiger charge is -2.41. The molecule has 6 heterocycles. The first kappa shape index (κ1) is 19.8. The minimum atomic E-state index is 0.0713. The van der Waals surface area contributed by atoms with Crippen molar-refractivity contribution in [3.8, 4) is 0 Å². The maximum atomic E-state index is 6.61. The molecule has 32 heavy (non-hydrogen) atoms. The maximum absolute atomic E-state index is 6.61. The van der Waals surface area contributed by atoms with Crippen LogP contribution in [0.25, 0.3) is 5.52 Å². The minimum Gasteiger partial charge on any atom is -0.355 e. The van der Waals surface area contributed by atoms with E-state index in [-0.39, 0.29) is 11.5 Å². The van der Waals surface area contributed by atoms with Gasteiger partial charge in [0.1, 0.15) is 10.8 Å². The van der Waals surface area contributed by atoms with Crippen molar-refractivity contribution in [3.05, 3.63) is 66.0 Å². The second-order valence-electron chi connectivity index (χ2n) is 9.09. The first-order chi connectivity index (χ1) is 15.5. The highest BCUT2D eigenvalue weighted by atomic mass is 32.2. The van der Waals surface area contributed by atoms with E-state index in [0.717, 1.165) is 43.3 Å². The molecule has 1 saturated heterocycles. The molecule has 1 atom stereocenters. The minimum absolute atomic E-state index is 0.0713. The van der Waals surface area contributed by atoms with Gasteiger partial charge >= 0.3 is 0 Å². The normalized spacial score (nSPS) is 19.7. The summed E-state index contributed by atoms with van der Waals surface area (Å²) in [7, 11) is 0. The lowest BCUT2D eigenvalue weighted by atomic mass is 9.73. The van der Waals surface area contributed by atoms with Crippen LogP contribution in [0.1, 0.15) is 35.8 Å². The summed E-state index contributed by atoms with van der Waals surface area (Å²) in [5, 5.41) is 5.36. The third-order valence-corrected chi connectivity index (χ3v) is 8.44. The van der Waals surface area contributed by atoms with Crippen LogP contribution >= 0.6 is 11.8 Å². The molecule has 0 aromatic carbocycles. The fraction of sp³-hybridized carbons (Fsp3) is 0.375. The quantitative estimate of drug-likeness (QED) is 0.514. The van der Waals surface area contributed by atoms with E-state index in [2.05, 4.69) is 63.4 Å². The Kier molecular flexibility index (Phi) is 4.55. The fourth-order valence-electron chi connectivity index (χ4n) is 5.30. The van der Waals surface area contributed by atoms with Gasteiger partial charge in [0.05, 0.1) is 24.1 Å². The lowest BCUT2D eigenvalue weighted by molar-refractivity contribution is 0.170. The van der Waals surface area contributed by atoms with Crippen molar-refractivity contribution in [2.75, 3.05) is 18.0 Å². The molecule has 0 saturated carbocycles. The number of fused-ring (bicyclic) bond motifs is 2. The summed E-state index contributed by atoms with van der Waals surface area (Å²) in [4.78, 5) is 13.0. The van der Waals surface area contributed by atoms with Crippen molar-refractivity contribution in [1.82, 2.24) is 24.1 Å². The topological polar surface area (TPSA) is 77.3 Å². The van der Waals surface area contributed by atoms with E-state index < -0.39 is 0 Å². The predicted octanol–water partition coefficient (Wildman–Crippen LogP) is 3.99. The Morgan fingerprint density at radius 2 is 1.91 bits per heavy atom. The van der Waals surface area contributed by atoms with Crippen LogP contribution in [0.15, 0.2) is 59.0 Å². The summed E-state index contributed by atoms with van der Waals surface area (Å²) in [6.07, 6.45) is 9.89. The number of nitrogens with zero attached hydrogens (tertiary/aromatic N) is 6. The molecule has 4 aromatic rings. The molecule has 1 spiro atoms. The molecular weight excluding hydrogens is 418 g/mol. The zero-order valence-corrected chi connectivity index (χ0v) is 19.2. The highest BCUT2D eigenvalue weighted by Gasteiger charge is 2.46. The van der Waals surface area contributed by atoms with Gasteiger partial charge in [-0.3, -0.25) is 4.68 Å². The molecule has 164 valence electrons. The van der Waals surface area contributed by atoms with Crippen LogP contribution in [0.5, 0.6) is 0 Å². The van der Waals surface area contributed by atoms with E-state index >= 15 is 0 Å². The van der Waals surface area contributed by atoms with Crippen LogP contribution in [0, 0.1) is 19.3 Å². The van der Waals surface area contributed by atoms with Gasteiger partial charge in [0, 0.05) is 53.5 Å². The fourth-order valence-corrected chi connectivity index (χ4v) is 6.12. The summed E-state index contributed by atoms with van der Waals surface area (Å²) in [5.41, 5.74) is 11.7. The van der Waals surface area contributed by atoms with Crippen molar-refractivity contribution in [1.29, 1.82) is 0 Å². The number of hydrogen-bond donors (Lipinski definition) is 1. The van der Waals surface area contributed by atoms with E-state index in [1.807, 2.05) is 18.6 Å². The largest absolute Gasteiger partial charge is 0.355 e. The molecule has 0 amide bonds. The Labute approximate surface area is 191 Å². The average molecular weight is 446 g/mol. The molecule has 0 radical (unpaired) electrons. The molecule has 2 N–H and O–H groups in total. The third kappa shape index (κ3) is 3.04. The second-order valence-corrected chi connectivity index (χ2v) is 10.2. The van der Waals surface area contributed by atoms with Crippen molar-refractivity contribution >= 4 is 23.1 Å². The predicted molar refractivity (Wildman–Crippen MR) is 126 cm³/mol. The monoisotopic (exact) mass is 445 g/mol. The van der Waals surface area contributed by atoms with Gasteiger partial charge in [-0.25, -0.2) is 9.97 Å². The Hall–Kier alpha value is -2.84. The van der Waals surface area contributed by atoms with Crippen molar-refractivity contribution in [3.63, 3.8) is 0 Å². The van der Waals surface area contributed by atoms with Gasteiger partial charge in [0.2, 0.25) is 0 Å². The van der Waals surface area contributed by atoms with Crippen molar-refractivity contribution < 1.29 is 0 Å². The Morgan fingerprint density at radius 1 is 1.06 bits per heavy atom. The molecule has 0 bridgehead atoms. The van der Waals surface area contributed by atoms with Crippen molar-refractivity contribution in [2.24, 2.45) is 11.1 Å². The molecule has 0 aliphatic carbocycles. The van der Waals surface area contributed by atoms with E-state index in [9.17, 15) is 0 Å². The number of pyridine rings is 1. The van der Waals surface area contributed by atoms with Gasteiger partial charge in [-0.1, -0.05) is 11.8 Å². The Bertz CT molecular complexity index is 1280. The van der Waals surface area contributed by atoms with Gasteiger partial charge in [-0.15, -0.1) is 0 Å². The number of aryl methyl sites for hydroxylation is 2. The van der Waals surface area contributed by atoms with Crippen LogP contribution in [0.3, 0.4) is 0 Å². The van der Waals surface area contributed by atoms with Crippen LogP contribution in [-0.4, -0.2) is 37.2 Å². The first-order valence-electron chi connectivity index (χ1n) is 11.1. The molecule has 0 unspecified atom stereocenters. The van der Waals surface area contributed by atoms with E-state index in [0.29, 0.717) is 0 Å². The van der Waals surface area contributed by atoms with E-state index in [1.165, 1.54) is 27.4 Å². The SMILES string of the molecule is Cc1c(Sc2cnc(N3CCC4(CC3)Cn3nccc3[C@H]4N)cn2)ccn2c(C)ccc12. The van der Waals surface area contributed by atoms with Gasteiger partial charge in [-0.05, 0) is 56.5 Å². The molecule has 6 rings (SSSR count). The van der Waals surface area contributed by atoms with Gasteiger partial charge in [-0.2, -0.15) is 5.10 Å². The molecule has 4 aromatic heterocycles. The molecular formula is C24H27N7S. The zero-order chi connectivity index (χ0) is 21.9. The Morgan fingerprint density at radius 3 is 2.66 bits per heavy atom. The highest BCUT2D eigenvalue weighted by Crippen LogP contribution is 2.47. The number of aromatic nitrogens is 5. The summed E-state index contributed by atoms with van der Waals surface area (Å²) >= 11 is 1.67. The number of rotatable bonds is 3. The van der Waals surface area contributed by atoms with Crippen LogP contribution in [0.4, 0.5) is 5.82 Å². The Balaban J connectivity index is 1.14. The standard InChI is InChI=1S/C24H27N7S/c1-16-3-4-18-17(2)20(6-10-30(16)18)32-22-14-26-21(13-27-22)29-11-7-24(8-12-29)15-31-19(23(24)25)5-9-28-31/h3-6,9-10,13-14,23H,7-8,11-12,15,25H2,1-2H3/t23-/m1/s1. The molecule has 1 fully saturated rings. The summed E-state index contributed by atoms with van der Waals surface area (Å²) in [6.45, 7) is 7.12. The third-order valence-electron chi connectivity index (χ3n) is 7.36. The first-order valence-corrected chi connectivity index (χ1v) is 12.0.